The minimum atomic E-state index is -0.518. The summed E-state index contributed by atoms with van der Waals surface area (Å²) in [6.45, 7) is 4.14. The molecule has 1 aliphatic rings. The first-order valence-electron chi connectivity index (χ1n) is 5.73. The highest BCUT2D eigenvalue weighted by molar-refractivity contribution is 8.07. The first kappa shape index (κ1) is 13.1. The van der Waals surface area contributed by atoms with Gasteiger partial charge in [-0.1, -0.05) is 6.92 Å². The van der Waals surface area contributed by atoms with Gasteiger partial charge in [0.1, 0.15) is 5.82 Å². The van der Waals surface area contributed by atoms with Crippen molar-refractivity contribution in [1.82, 2.24) is 4.98 Å². The Labute approximate surface area is 111 Å². The average Bonchev–Trinajstić information content (AvgIpc) is 2.32. The van der Waals surface area contributed by atoms with E-state index < -0.39 is 6.10 Å². The summed E-state index contributed by atoms with van der Waals surface area (Å²) in [5, 5.41) is 11.1. The molecule has 3 nitrogen and oxygen atoms in total. The van der Waals surface area contributed by atoms with E-state index in [1.807, 2.05) is 36.5 Å². The monoisotopic (exact) mass is 270 g/mol. The fourth-order valence-corrected chi connectivity index (χ4v) is 4.84. The maximum Gasteiger partial charge on any atom is 0.129 e. The van der Waals surface area contributed by atoms with E-state index in [1.54, 1.807) is 6.20 Å². The van der Waals surface area contributed by atoms with E-state index in [0.29, 0.717) is 11.1 Å². The number of pyridine rings is 1. The molecule has 2 rings (SSSR count). The van der Waals surface area contributed by atoms with Gasteiger partial charge in [-0.2, -0.15) is 23.5 Å². The van der Waals surface area contributed by atoms with Crippen LogP contribution in [0.4, 0.5) is 5.82 Å². The van der Waals surface area contributed by atoms with Crippen LogP contribution in [0.2, 0.25) is 0 Å². The van der Waals surface area contributed by atoms with Crippen LogP contribution in [0.15, 0.2) is 12.3 Å². The van der Waals surface area contributed by atoms with Crippen molar-refractivity contribution >= 4 is 29.3 Å². The van der Waals surface area contributed by atoms with Gasteiger partial charge in [0.2, 0.25) is 0 Å². The molecule has 3 atom stereocenters. The number of nitrogens with two attached hydrogens (primary N) is 1. The Morgan fingerprint density at radius 1 is 1.47 bits per heavy atom. The fourth-order valence-electron chi connectivity index (χ4n) is 2.01. The van der Waals surface area contributed by atoms with Crippen molar-refractivity contribution in [1.29, 1.82) is 0 Å². The van der Waals surface area contributed by atoms with Crippen LogP contribution in [0.3, 0.4) is 0 Å². The second-order valence-electron chi connectivity index (χ2n) is 4.34. The number of anilines is 1. The number of aromatic nitrogens is 1. The first-order valence-corrected chi connectivity index (χ1v) is 7.82. The molecule has 0 saturated carbocycles. The summed E-state index contributed by atoms with van der Waals surface area (Å²) < 4.78 is 0. The Bertz CT molecular complexity index is 400. The molecule has 0 bridgehead atoms. The highest BCUT2D eigenvalue weighted by atomic mass is 32.2. The van der Waals surface area contributed by atoms with Gasteiger partial charge in [-0.3, -0.25) is 0 Å². The third kappa shape index (κ3) is 2.89. The lowest BCUT2D eigenvalue weighted by molar-refractivity contribution is 0.174. The molecule has 1 saturated heterocycles. The second-order valence-corrected chi connectivity index (χ2v) is 7.11. The molecular formula is C12H18N2OS2. The molecule has 1 aromatic rings. The third-order valence-electron chi connectivity index (χ3n) is 2.95. The van der Waals surface area contributed by atoms with Crippen molar-refractivity contribution in [2.45, 2.75) is 30.5 Å². The van der Waals surface area contributed by atoms with E-state index in [9.17, 15) is 5.11 Å². The van der Waals surface area contributed by atoms with E-state index in [0.717, 1.165) is 22.6 Å². The lowest BCUT2D eigenvalue weighted by Gasteiger charge is -2.32. The molecule has 0 amide bonds. The van der Waals surface area contributed by atoms with E-state index in [-0.39, 0.29) is 5.25 Å². The van der Waals surface area contributed by atoms with Crippen LogP contribution in [0, 0.1) is 6.92 Å². The summed E-state index contributed by atoms with van der Waals surface area (Å²) in [6.07, 6.45) is 1.22. The maximum absolute atomic E-state index is 10.5. The normalized spacial score (nSPS) is 26.8. The van der Waals surface area contributed by atoms with Crippen molar-refractivity contribution in [3.8, 4) is 0 Å². The Balaban J connectivity index is 2.23. The Morgan fingerprint density at radius 3 is 2.88 bits per heavy atom. The highest BCUT2D eigenvalue weighted by Crippen LogP contribution is 2.39. The molecule has 0 radical (unpaired) electrons. The van der Waals surface area contributed by atoms with Crippen LogP contribution in [0.5, 0.6) is 0 Å². The standard InChI is InChI=1S/C12H18N2OS2/c1-7-5-9(12(13)14-6-7)10(15)11-8(2)16-3-4-17-11/h5-6,8,10-11,15H,3-4H2,1-2H3,(H2,13,14). The molecule has 0 spiro atoms. The molecule has 17 heavy (non-hydrogen) atoms. The fraction of sp³-hybridized carbons (Fsp3) is 0.583. The van der Waals surface area contributed by atoms with Crippen molar-refractivity contribution < 1.29 is 5.11 Å². The van der Waals surface area contributed by atoms with Crippen molar-refractivity contribution in [2.75, 3.05) is 17.2 Å². The van der Waals surface area contributed by atoms with Gasteiger partial charge in [-0.15, -0.1) is 0 Å². The largest absolute Gasteiger partial charge is 0.387 e. The van der Waals surface area contributed by atoms with Crippen LogP contribution in [0.1, 0.15) is 24.2 Å². The molecule has 3 unspecified atom stereocenters. The summed E-state index contributed by atoms with van der Waals surface area (Å²) in [5.41, 5.74) is 7.67. The molecule has 3 N–H and O–H groups in total. The second kappa shape index (κ2) is 5.50. The molecule has 94 valence electrons. The van der Waals surface area contributed by atoms with Gasteiger partial charge in [0.15, 0.2) is 0 Å². The number of aliphatic hydroxyl groups excluding tert-OH is 1. The van der Waals surface area contributed by atoms with Gasteiger partial charge >= 0.3 is 0 Å². The summed E-state index contributed by atoms with van der Waals surface area (Å²) in [6, 6.07) is 1.94. The summed E-state index contributed by atoms with van der Waals surface area (Å²) in [4.78, 5) is 4.12. The number of nitrogen functional groups attached to an aromatic ring is 1. The molecule has 1 aromatic heterocycles. The SMILES string of the molecule is Cc1cnc(N)c(C(O)C2SCCSC2C)c1. The molecular weight excluding hydrogens is 252 g/mol. The summed E-state index contributed by atoms with van der Waals surface area (Å²) in [7, 11) is 0. The Kier molecular flexibility index (Phi) is 4.22. The van der Waals surface area contributed by atoms with Crippen LogP contribution in [-0.4, -0.2) is 32.1 Å². The van der Waals surface area contributed by atoms with E-state index in [1.165, 1.54) is 0 Å². The number of aliphatic hydroxyl groups is 1. The van der Waals surface area contributed by atoms with Crippen LogP contribution in [-0.2, 0) is 0 Å². The zero-order valence-electron chi connectivity index (χ0n) is 10.1. The molecule has 1 fully saturated rings. The summed E-state index contributed by atoms with van der Waals surface area (Å²) >= 11 is 3.75. The predicted octanol–water partition coefficient (Wildman–Crippen LogP) is 2.24. The number of hydrogen-bond acceptors (Lipinski definition) is 5. The number of thioether (sulfide) groups is 2. The lowest BCUT2D eigenvalue weighted by Crippen LogP contribution is -2.30. The van der Waals surface area contributed by atoms with Gasteiger partial charge < -0.3 is 10.8 Å². The van der Waals surface area contributed by atoms with Crippen LogP contribution < -0.4 is 5.73 Å². The van der Waals surface area contributed by atoms with E-state index in [2.05, 4.69) is 11.9 Å². The van der Waals surface area contributed by atoms with Gasteiger partial charge in [0.25, 0.3) is 0 Å². The minimum absolute atomic E-state index is 0.208. The van der Waals surface area contributed by atoms with E-state index >= 15 is 0 Å². The van der Waals surface area contributed by atoms with Crippen LogP contribution >= 0.6 is 23.5 Å². The zero-order chi connectivity index (χ0) is 12.4. The number of aryl methyl sites for hydroxylation is 1. The zero-order valence-corrected chi connectivity index (χ0v) is 11.7. The van der Waals surface area contributed by atoms with Gasteiger partial charge in [-0.05, 0) is 18.6 Å². The number of rotatable bonds is 2. The van der Waals surface area contributed by atoms with Crippen molar-refractivity contribution in [3.05, 3.63) is 23.4 Å². The number of nitrogens with zero attached hydrogens (tertiary/aromatic N) is 1. The molecule has 0 aliphatic carbocycles. The predicted molar refractivity (Wildman–Crippen MR) is 76.5 cm³/mol. The molecule has 5 heteroatoms. The van der Waals surface area contributed by atoms with Gasteiger partial charge in [0.05, 0.1) is 6.10 Å². The first-order chi connectivity index (χ1) is 8.09. The smallest absolute Gasteiger partial charge is 0.129 e. The van der Waals surface area contributed by atoms with Gasteiger partial charge in [-0.25, -0.2) is 4.98 Å². The van der Waals surface area contributed by atoms with Crippen LogP contribution in [0.25, 0.3) is 0 Å². The quantitative estimate of drug-likeness (QED) is 0.863. The highest BCUT2D eigenvalue weighted by Gasteiger charge is 2.31. The molecule has 0 aromatic carbocycles. The topological polar surface area (TPSA) is 59.1 Å². The van der Waals surface area contributed by atoms with E-state index in [4.69, 9.17) is 5.73 Å². The van der Waals surface area contributed by atoms with Gasteiger partial charge in [0, 0.05) is 33.8 Å². The molecule has 2 heterocycles. The third-order valence-corrected chi connectivity index (χ3v) is 6.13. The minimum Gasteiger partial charge on any atom is -0.387 e. The molecule has 1 aliphatic heterocycles. The maximum atomic E-state index is 10.5. The number of hydrogen-bond donors (Lipinski definition) is 2. The summed E-state index contributed by atoms with van der Waals surface area (Å²) in [5.74, 6) is 2.71. The average molecular weight is 270 g/mol. The lowest BCUT2D eigenvalue weighted by atomic mass is 10.0. The van der Waals surface area contributed by atoms with Crippen molar-refractivity contribution in [2.24, 2.45) is 0 Å². The Hall–Kier alpha value is -0.390. The Morgan fingerprint density at radius 2 is 2.18 bits per heavy atom. The van der Waals surface area contributed by atoms with Crippen molar-refractivity contribution in [3.63, 3.8) is 0 Å².